The predicted molar refractivity (Wildman–Crippen MR) is 148 cm³/mol. The van der Waals surface area contributed by atoms with Crippen molar-refractivity contribution in [3.63, 3.8) is 0 Å². The molecule has 0 fully saturated rings. The molecule has 0 aromatic heterocycles. The van der Waals surface area contributed by atoms with Crippen molar-refractivity contribution in [3.8, 4) is 11.5 Å². The van der Waals surface area contributed by atoms with E-state index in [9.17, 15) is 19.8 Å². The number of carboxylic acid groups (broad SMARTS) is 2. The third kappa shape index (κ3) is 9.83. The van der Waals surface area contributed by atoms with E-state index in [-0.39, 0.29) is 23.9 Å². The van der Waals surface area contributed by atoms with Crippen LogP contribution in [0.1, 0.15) is 38.8 Å². The van der Waals surface area contributed by atoms with Gasteiger partial charge < -0.3 is 25.7 Å². The minimum atomic E-state index is -0.879. The number of rotatable bonds is 6. The van der Waals surface area contributed by atoms with E-state index in [2.05, 4.69) is 24.4 Å². The number of aromatic hydroxyl groups is 2. The molecule has 0 aliphatic rings. The van der Waals surface area contributed by atoms with Gasteiger partial charge in [-0.2, -0.15) is 0 Å². The van der Waals surface area contributed by atoms with Crippen LogP contribution in [-0.4, -0.2) is 45.5 Å². The topological polar surface area (TPSA) is 127 Å². The van der Waals surface area contributed by atoms with Crippen LogP contribution in [0.5, 0.6) is 11.5 Å². The molecule has 0 heterocycles. The fourth-order valence-corrected chi connectivity index (χ4v) is 3.32. The maximum absolute atomic E-state index is 10.2. The van der Waals surface area contributed by atoms with Gasteiger partial charge in [-0.3, -0.25) is 0 Å². The lowest BCUT2D eigenvalue weighted by molar-refractivity contribution is 0.0686. The third-order valence-corrected chi connectivity index (χ3v) is 5.29. The number of phenols is 2. The molecule has 0 spiro atoms. The number of hydrogen-bond acceptors (Lipinski definition) is 5. The first-order valence-corrected chi connectivity index (χ1v) is 11.5. The number of halogens is 1. The molecular formula is C29H32ClNO6. The molecule has 0 amide bonds. The van der Waals surface area contributed by atoms with Crippen molar-refractivity contribution in [1.82, 2.24) is 5.32 Å². The van der Waals surface area contributed by atoms with Gasteiger partial charge in [-0.25, -0.2) is 9.59 Å². The van der Waals surface area contributed by atoms with Crippen LogP contribution in [-0.2, 0) is 6.42 Å². The molecule has 0 aliphatic carbocycles. The maximum atomic E-state index is 10.2. The first-order chi connectivity index (χ1) is 17.2. The second-order valence-corrected chi connectivity index (χ2v) is 7.87. The number of aryl methyl sites for hydroxylation is 1. The zero-order valence-electron chi connectivity index (χ0n) is 20.7. The summed E-state index contributed by atoms with van der Waals surface area (Å²) >= 11 is 0. The van der Waals surface area contributed by atoms with Crippen LogP contribution in [0.15, 0.2) is 84.9 Å². The van der Waals surface area contributed by atoms with E-state index in [1.807, 2.05) is 13.0 Å². The summed E-state index contributed by atoms with van der Waals surface area (Å²) < 4.78 is 0. The van der Waals surface area contributed by atoms with Crippen molar-refractivity contribution >= 4 is 35.1 Å². The first-order valence-electron chi connectivity index (χ1n) is 11.5. The molecular weight excluding hydrogens is 494 g/mol. The molecule has 196 valence electrons. The Morgan fingerprint density at radius 2 is 1.30 bits per heavy atom. The molecule has 4 rings (SSSR count). The van der Waals surface area contributed by atoms with E-state index in [4.69, 9.17) is 10.2 Å². The molecule has 0 bridgehead atoms. The Hall–Kier alpha value is -4.07. The Labute approximate surface area is 222 Å². The quantitative estimate of drug-likeness (QED) is 0.156. The first kappa shape index (κ1) is 31.0. The number of nitrogens with one attached hydrogen (secondary N) is 1. The average molecular weight is 526 g/mol. The van der Waals surface area contributed by atoms with E-state index in [1.165, 1.54) is 5.56 Å². The summed E-state index contributed by atoms with van der Waals surface area (Å²) in [4.78, 5) is 20.4. The third-order valence-electron chi connectivity index (χ3n) is 5.29. The lowest BCUT2D eigenvalue weighted by atomic mass is 10.00. The highest BCUT2D eigenvalue weighted by Crippen LogP contribution is 2.35. The number of likely N-dealkylation sites (N-methyl/N-ethyl adjacent to an activating group) is 1. The molecule has 37 heavy (non-hydrogen) atoms. The van der Waals surface area contributed by atoms with E-state index in [0.29, 0.717) is 11.1 Å². The van der Waals surface area contributed by atoms with E-state index >= 15 is 0 Å². The van der Waals surface area contributed by atoms with Gasteiger partial charge in [0.2, 0.25) is 0 Å². The van der Waals surface area contributed by atoms with E-state index < -0.39 is 11.9 Å². The van der Waals surface area contributed by atoms with Gasteiger partial charge in [0.1, 0.15) is 0 Å². The van der Waals surface area contributed by atoms with Crippen LogP contribution in [0.3, 0.4) is 0 Å². The van der Waals surface area contributed by atoms with Crippen LogP contribution >= 0.6 is 12.4 Å². The number of carbonyl (C=O) groups is 2. The zero-order valence-corrected chi connectivity index (χ0v) is 21.5. The van der Waals surface area contributed by atoms with Crippen molar-refractivity contribution < 1.29 is 30.0 Å². The molecule has 0 radical (unpaired) electrons. The molecule has 0 aliphatic heterocycles. The summed E-state index contributed by atoms with van der Waals surface area (Å²) in [6, 6.07) is 24.3. The number of fused-ring (bicyclic) bond motifs is 1. The Morgan fingerprint density at radius 3 is 1.73 bits per heavy atom. The standard InChI is InChI=1S/C15H19NO2.2C7H6O2.ClH/c1-3-16-7-6-11-4-5-12-9-14(17)15(18)10(2)13(12)8-11;2*8-7(9)6-4-2-1-3-5-6;/h4-5,8-9,16-18H,3,6-7H2,1-2H3;2*1-5H,(H,8,9);1H. The van der Waals surface area contributed by atoms with E-state index in [1.54, 1.807) is 66.7 Å². The highest BCUT2D eigenvalue weighted by Gasteiger charge is 2.08. The minimum Gasteiger partial charge on any atom is -0.504 e. The Balaban J connectivity index is 0.000000304. The predicted octanol–water partition coefficient (Wildman–Crippen LogP) is 5.90. The molecule has 7 nitrogen and oxygen atoms in total. The Bertz CT molecular complexity index is 1230. The highest BCUT2D eigenvalue weighted by molar-refractivity contribution is 5.90. The summed E-state index contributed by atoms with van der Waals surface area (Å²) in [5, 5.41) is 41.3. The average Bonchev–Trinajstić information content (AvgIpc) is 2.89. The van der Waals surface area contributed by atoms with Crippen molar-refractivity contribution in [3.05, 3.63) is 107 Å². The number of benzene rings is 4. The number of phenolic OH excluding ortho intramolecular Hbond substituents is 2. The number of aromatic carboxylic acids is 2. The molecule has 0 saturated carbocycles. The SMILES string of the molecule is CCNCCc1ccc2cc(O)c(O)c(C)c2c1.Cl.O=C(O)c1ccccc1.O=C(O)c1ccccc1. The second kappa shape index (κ2) is 15.8. The Kier molecular flexibility index (Phi) is 13.2. The second-order valence-electron chi connectivity index (χ2n) is 7.87. The van der Waals surface area contributed by atoms with Gasteiger partial charge in [-0.05, 0) is 73.1 Å². The van der Waals surface area contributed by atoms with E-state index in [0.717, 1.165) is 35.8 Å². The zero-order chi connectivity index (χ0) is 26.5. The fraction of sp³-hybridized carbons (Fsp3) is 0.172. The summed E-state index contributed by atoms with van der Waals surface area (Å²) in [5.74, 6) is -1.84. The van der Waals surface area contributed by atoms with Gasteiger partial charge >= 0.3 is 11.9 Å². The van der Waals surface area contributed by atoms with Crippen LogP contribution in [0.25, 0.3) is 10.8 Å². The molecule has 4 aromatic carbocycles. The summed E-state index contributed by atoms with van der Waals surface area (Å²) in [6.07, 6.45) is 0.963. The monoisotopic (exact) mass is 525 g/mol. The summed E-state index contributed by atoms with van der Waals surface area (Å²) in [5.41, 5.74) is 2.63. The van der Waals surface area contributed by atoms with Crippen molar-refractivity contribution in [2.75, 3.05) is 13.1 Å². The van der Waals surface area contributed by atoms with Gasteiger partial charge in [0.05, 0.1) is 11.1 Å². The fourth-order valence-electron chi connectivity index (χ4n) is 3.32. The smallest absolute Gasteiger partial charge is 0.335 e. The van der Waals surface area contributed by atoms with Gasteiger partial charge in [0, 0.05) is 5.56 Å². The lowest BCUT2D eigenvalue weighted by Crippen LogP contribution is -2.15. The van der Waals surface area contributed by atoms with Gasteiger partial charge in [-0.15, -0.1) is 12.4 Å². The highest BCUT2D eigenvalue weighted by atomic mass is 35.5. The van der Waals surface area contributed by atoms with Gasteiger partial charge in [0.15, 0.2) is 11.5 Å². The normalized spacial score (nSPS) is 9.68. The van der Waals surface area contributed by atoms with Crippen LogP contribution in [0, 0.1) is 6.92 Å². The largest absolute Gasteiger partial charge is 0.504 e. The minimum absolute atomic E-state index is 0. The lowest BCUT2D eigenvalue weighted by Gasteiger charge is -2.09. The molecule has 0 unspecified atom stereocenters. The molecule has 4 aromatic rings. The van der Waals surface area contributed by atoms with Crippen molar-refractivity contribution in [2.24, 2.45) is 0 Å². The molecule has 0 atom stereocenters. The molecule has 0 saturated heterocycles. The summed E-state index contributed by atoms with van der Waals surface area (Å²) in [7, 11) is 0. The van der Waals surface area contributed by atoms with Crippen LogP contribution < -0.4 is 5.32 Å². The maximum Gasteiger partial charge on any atom is 0.335 e. The van der Waals surface area contributed by atoms with Gasteiger partial charge in [0.25, 0.3) is 0 Å². The van der Waals surface area contributed by atoms with Crippen LogP contribution in [0.2, 0.25) is 0 Å². The molecule has 8 heteroatoms. The van der Waals surface area contributed by atoms with Crippen molar-refractivity contribution in [2.45, 2.75) is 20.3 Å². The molecule has 5 N–H and O–H groups in total. The van der Waals surface area contributed by atoms with Gasteiger partial charge in [-0.1, -0.05) is 61.5 Å². The number of hydrogen-bond donors (Lipinski definition) is 5. The number of carboxylic acids is 2. The Morgan fingerprint density at radius 1 is 0.784 bits per heavy atom. The van der Waals surface area contributed by atoms with Crippen molar-refractivity contribution in [1.29, 1.82) is 0 Å². The summed E-state index contributed by atoms with van der Waals surface area (Å²) in [6.45, 7) is 5.84. The van der Waals surface area contributed by atoms with Crippen LogP contribution in [0.4, 0.5) is 0 Å².